The van der Waals surface area contributed by atoms with Gasteiger partial charge in [0.1, 0.15) is 0 Å². The lowest BCUT2D eigenvalue weighted by Gasteiger charge is -2.14. The van der Waals surface area contributed by atoms with E-state index in [2.05, 4.69) is 6.08 Å². The van der Waals surface area contributed by atoms with Crippen molar-refractivity contribution in [3.8, 4) is 0 Å². The summed E-state index contributed by atoms with van der Waals surface area (Å²) in [5.41, 5.74) is 0.793. The van der Waals surface area contributed by atoms with Crippen LogP contribution in [0.5, 0.6) is 0 Å². The molecule has 0 amide bonds. The van der Waals surface area contributed by atoms with Crippen molar-refractivity contribution in [3.63, 3.8) is 0 Å². The van der Waals surface area contributed by atoms with Crippen LogP contribution in [0.4, 0.5) is 0 Å². The van der Waals surface area contributed by atoms with Crippen molar-refractivity contribution in [3.05, 3.63) is 24.0 Å². The van der Waals surface area contributed by atoms with Crippen LogP contribution in [-0.4, -0.2) is 5.97 Å². The smallest absolute Gasteiger partial charge is 0.320 e. The normalized spacial score (nSPS) is 27.1. The summed E-state index contributed by atoms with van der Waals surface area (Å²) >= 11 is 0. The minimum Gasteiger partial charge on any atom is -0.434 e. The minimum atomic E-state index is -0.433. The van der Waals surface area contributed by atoms with Gasteiger partial charge in [-0.2, -0.15) is 0 Å². The Morgan fingerprint density at radius 2 is 2.33 bits per heavy atom. The second-order valence-electron chi connectivity index (χ2n) is 3.61. The molecule has 1 aliphatic heterocycles. The van der Waals surface area contributed by atoms with Crippen molar-refractivity contribution in [2.24, 2.45) is 5.41 Å². The minimum absolute atomic E-state index is 0.153. The highest BCUT2D eigenvalue weighted by Gasteiger charge is 2.34. The zero-order valence-corrected chi connectivity index (χ0v) is 7.76. The van der Waals surface area contributed by atoms with Crippen LogP contribution in [0.2, 0.25) is 0 Å². The van der Waals surface area contributed by atoms with Gasteiger partial charge < -0.3 is 4.74 Å². The average Bonchev–Trinajstić information content (AvgIpc) is 2.30. The topological polar surface area (TPSA) is 26.3 Å². The van der Waals surface area contributed by atoms with Crippen LogP contribution in [0.1, 0.15) is 27.2 Å². The number of rotatable bonds is 2. The molecule has 2 heteroatoms. The van der Waals surface area contributed by atoms with Gasteiger partial charge in [0.05, 0.1) is 11.7 Å². The lowest BCUT2D eigenvalue weighted by molar-refractivity contribution is -0.143. The number of allylic oxidation sites excluding steroid dienone is 2. The fraction of sp³-hybridized carbons (Fsp3) is 0.500. The Morgan fingerprint density at radius 1 is 1.67 bits per heavy atom. The molecule has 0 aromatic rings. The second kappa shape index (κ2) is 3.13. The fourth-order valence-corrected chi connectivity index (χ4v) is 1.02. The zero-order valence-electron chi connectivity index (χ0n) is 7.76. The Hall–Kier alpha value is -1.05. The highest BCUT2D eigenvalue weighted by atomic mass is 16.5. The molecular weight excluding hydrogens is 152 g/mol. The monoisotopic (exact) mass is 166 g/mol. The first-order chi connectivity index (χ1) is 5.54. The van der Waals surface area contributed by atoms with E-state index in [4.69, 9.17) is 4.74 Å². The number of hydrogen-bond donors (Lipinski definition) is 0. The largest absolute Gasteiger partial charge is 0.434 e. The van der Waals surface area contributed by atoms with Gasteiger partial charge in [0, 0.05) is 0 Å². The predicted octanol–water partition coefficient (Wildman–Crippen LogP) is 2.42. The van der Waals surface area contributed by atoms with Gasteiger partial charge in [0.15, 0.2) is 0 Å². The fourth-order valence-electron chi connectivity index (χ4n) is 1.02. The van der Waals surface area contributed by atoms with Crippen LogP contribution in [0.3, 0.4) is 0 Å². The summed E-state index contributed by atoms with van der Waals surface area (Å²) < 4.78 is 4.75. The van der Waals surface area contributed by atoms with Gasteiger partial charge in [-0.1, -0.05) is 11.6 Å². The molecule has 1 rings (SSSR count). The molecule has 2 nitrogen and oxygen atoms in total. The standard InChI is InChI=1S/C10H14O2/c1-8(2)4-5-10(3)6-7-12-9(10)11/h4,6-7H,5H2,1-3H3. The van der Waals surface area contributed by atoms with E-state index in [0.29, 0.717) is 0 Å². The van der Waals surface area contributed by atoms with E-state index in [1.54, 1.807) is 0 Å². The molecule has 0 aromatic carbocycles. The molecule has 12 heavy (non-hydrogen) atoms. The Balaban J connectivity index is 2.67. The Kier molecular flexibility index (Phi) is 2.36. The van der Waals surface area contributed by atoms with E-state index in [-0.39, 0.29) is 5.97 Å². The maximum atomic E-state index is 11.2. The van der Waals surface area contributed by atoms with Crippen LogP contribution in [-0.2, 0) is 9.53 Å². The molecular formula is C10H14O2. The summed E-state index contributed by atoms with van der Waals surface area (Å²) in [7, 11) is 0. The molecule has 1 unspecified atom stereocenters. The third kappa shape index (κ3) is 1.76. The van der Waals surface area contributed by atoms with E-state index < -0.39 is 5.41 Å². The van der Waals surface area contributed by atoms with Crippen LogP contribution >= 0.6 is 0 Å². The summed E-state index contributed by atoms with van der Waals surface area (Å²) in [5.74, 6) is -0.153. The SMILES string of the molecule is CC(C)=CCC1(C)C=COC1=O. The number of esters is 1. The first kappa shape index (κ1) is 9.04. The first-order valence-electron chi connectivity index (χ1n) is 4.07. The summed E-state index contributed by atoms with van der Waals surface area (Å²) in [6, 6.07) is 0. The Bertz CT molecular complexity index is 247. The van der Waals surface area contributed by atoms with Crippen molar-refractivity contribution in [2.45, 2.75) is 27.2 Å². The van der Waals surface area contributed by atoms with E-state index in [1.807, 2.05) is 26.8 Å². The van der Waals surface area contributed by atoms with Gasteiger partial charge in [0.2, 0.25) is 0 Å². The molecule has 0 fully saturated rings. The third-order valence-electron chi connectivity index (χ3n) is 2.01. The zero-order chi connectivity index (χ0) is 9.19. The van der Waals surface area contributed by atoms with Crippen LogP contribution in [0.15, 0.2) is 24.0 Å². The van der Waals surface area contributed by atoms with Crippen molar-refractivity contribution in [2.75, 3.05) is 0 Å². The molecule has 0 aromatic heterocycles. The second-order valence-corrected chi connectivity index (χ2v) is 3.61. The van der Waals surface area contributed by atoms with Crippen LogP contribution in [0, 0.1) is 5.41 Å². The molecule has 0 spiro atoms. The molecule has 0 bridgehead atoms. The van der Waals surface area contributed by atoms with Crippen molar-refractivity contribution in [1.82, 2.24) is 0 Å². The number of cyclic esters (lactones) is 1. The summed E-state index contributed by atoms with van der Waals surface area (Å²) in [6.45, 7) is 5.93. The summed E-state index contributed by atoms with van der Waals surface area (Å²) in [5, 5.41) is 0. The van der Waals surface area contributed by atoms with E-state index in [0.717, 1.165) is 6.42 Å². The van der Waals surface area contributed by atoms with Crippen LogP contribution < -0.4 is 0 Å². The van der Waals surface area contributed by atoms with Gasteiger partial charge in [0.25, 0.3) is 0 Å². The molecule has 1 heterocycles. The Labute approximate surface area is 72.9 Å². The molecule has 0 aliphatic carbocycles. The molecule has 1 aliphatic rings. The molecule has 0 saturated heterocycles. The molecule has 0 N–H and O–H groups in total. The summed E-state index contributed by atoms with van der Waals surface area (Å²) in [6.07, 6.45) is 6.07. The lowest BCUT2D eigenvalue weighted by Crippen LogP contribution is -2.21. The van der Waals surface area contributed by atoms with Crippen molar-refractivity contribution in [1.29, 1.82) is 0 Å². The van der Waals surface area contributed by atoms with Gasteiger partial charge in [-0.3, -0.25) is 4.79 Å². The highest BCUT2D eigenvalue weighted by Crippen LogP contribution is 2.30. The highest BCUT2D eigenvalue weighted by molar-refractivity contribution is 5.81. The van der Waals surface area contributed by atoms with Gasteiger partial charge in [-0.15, -0.1) is 0 Å². The maximum absolute atomic E-state index is 11.2. The number of carbonyl (C=O) groups is 1. The van der Waals surface area contributed by atoms with E-state index in [9.17, 15) is 4.79 Å². The number of ether oxygens (including phenoxy) is 1. The molecule has 0 saturated carbocycles. The quantitative estimate of drug-likeness (QED) is 0.465. The van der Waals surface area contributed by atoms with E-state index in [1.165, 1.54) is 11.8 Å². The predicted molar refractivity (Wildman–Crippen MR) is 47.4 cm³/mol. The summed E-state index contributed by atoms with van der Waals surface area (Å²) in [4.78, 5) is 11.2. The van der Waals surface area contributed by atoms with Gasteiger partial charge in [-0.05, 0) is 33.3 Å². The van der Waals surface area contributed by atoms with E-state index >= 15 is 0 Å². The maximum Gasteiger partial charge on any atom is 0.320 e. The van der Waals surface area contributed by atoms with Crippen molar-refractivity contribution >= 4 is 5.97 Å². The molecule has 66 valence electrons. The molecule has 1 atom stereocenters. The molecule has 0 radical (unpaired) electrons. The average molecular weight is 166 g/mol. The third-order valence-corrected chi connectivity index (χ3v) is 2.01. The van der Waals surface area contributed by atoms with Crippen LogP contribution in [0.25, 0.3) is 0 Å². The number of hydrogen-bond acceptors (Lipinski definition) is 2. The van der Waals surface area contributed by atoms with Gasteiger partial charge >= 0.3 is 5.97 Å². The number of carbonyl (C=O) groups excluding carboxylic acids is 1. The lowest BCUT2D eigenvalue weighted by atomic mass is 9.87. The van der Waals surface area contributed by atoms with Gasteiger partial charge in [-0.25, -0.2) is 0 Å². The van der Waals surface area contributed by atoms with Crippen molar-refractivity contribution < 1.29 is 9.53 Å². The first-order valence-corrected chi connectivity index (χ1v) is 4.07. The Morgan fingerprint density at radius 3 is 2.75 bits per heavy atom.